The average Bonchev–Trinajstić information content (AvgIpc) is 2.71. The minimum absolute atomic E-state index is 0.287. The molecule has 0 aromatic heterocycles. The van der Waals surface area contributed by atoms with Gasteiger partial charge in [-0.25, -0.2) is 21.6 Å². The molecule has 0 aliphatic carbocycles. The van der Waals surface area contributed by atoms with Crippen molar-refractivity contribution in [3.63, 3.8) is 0 Å². The maximum atomic E-state index is 12.5. The second-order valence-electron chi connectivity index (χ2n) is 7.21. The summed E-state index contributed by atoms with van der Waals surface area (Å²) in [7, 11) is 2.56. The number of hydrogen-bond acceptors (Lipinski definition) is 7. The van der Waals surface area contributed by atoms with Crippen LogP contribution in [-0.4, -0.2) is 33.1 Å². The van der Waals surface area contributed by atoms with Crippen LogP contribution in [0.3, 0.4) is 0 Å². The zero-order valence-electron chi connectivity index (χ0n) is 16.8. The Bertz CT molecular complexity index is 1580. The van der Waals surface area contributed by atoms with Gasteiger partial charge in [-0.15, -0.1) is 0 Å². The number of fused-ring (bicyclic) bond motifs is 2. The molecule has 0 bridgehead atoms. The molecule has 0 fully saturated rings. The van der Waals surface area contributed by atoms with Gasteiger partial charge in [0.25, 0.3) is 18.1 Å². The van der Waals surface area contributed by atoms with Crippen molar-refractivity contribution in [1.29, 1.82) is 0 Å². The minimum atomic E-state index is -4.08. The molecule has 0 heterocycles. The van der Waals surface area contributed by atoms with E-state index in [2.05, 4.69) is 10.6 Å². The number of carbonyl (C=O) groups excluding carboxylic acids is 1. The number of benzene rings is 4. The summed E-state index contributed by atoms with van der Waals surface area (Å²) >= 11 is 0. The first kappa shape index (κ1) is 23.9. The lowest BCUT2D eigenvalue weighted by Gasteiger charge is -2.11. The van der Waals surface area contributed by atoms with Gasteiger partial charge in [-0.2, -0.15) is 0 Å². The predicted octanol–water partition coefficient (Wildman–Crippen LogP) is 4.90. The van der Waals surface area contributed by atoms with Crippen LogP contribution < -0.4 is 10.6 Å². The van der Waals surface area contributed by atoms with Gasteiger partial charge in [0, 0.05) is 55.6 Å². The van der Waals surface area contributed by atoms with E-state index in [9.17, 15) is 31.8 Å². The Morgan fingerprint density at radius 1 is 0.647 bits per heavy atom. The average molecular weight is 541 g/mol. The van der Waals surface area contributed by atoms with E-state index in [1.54, 1.807) is 0 Å². The molecule has 176 valence electrons. The quantitative estimate of drug-likeness (QED) is 0.268. The molecule has 4 aromatic rings. The van der Waals surface area contributed by atoms with Crippen LogP contribution in [0.2, 0.25) is 0 Å². The number of halogens is 2. The lowest BCUT2D eigenvalue weighted by atomic mass is 10.1. The van der Waals surface area contributed by atoms with Crippen molar-refractivity contribution in [3.05, 3.63) is 60.7 Å². The topological polar surface area (TPSA) is 150 Å². The third kappa shape index (κ3) is 4.97. The molecule has 34 heavy (non-hydrogen) atoms. The van der Waals surface area contributed by atoms with Crippen LogP contribution >= 0.6 is 21.4 Å². The second kappa shape index (κ2) is 8.51. The molecule has 0 aliphatic rings. The van der Waals surface area contributed by atoms with Crippen LogP contribution in [0.1, 0.15) is 0 Å². The standard InChI is InChI=1S/C21H14Cl2N2O7S2/c22-33(29,30)15-7-11-5-13(1-3-17(11)19(26)9-15)24-21(28)25-14-2-4-18-12(6-14)8-16(10-20(18)27)34(23,31)32/h1-10,26-27H,(H2,24,25,28). The molecular weight excluding hydrogens is 527 g/mol. The predicted molar refractivity (Wildman–Crippen MR) is 130 cm³/mol. The lowest BCUT2D eigenvalue weighted by molar-refractivity contribution is 0.262. The SMILES string of the molecule is O=C(Nc1ccc2c(O)cc(S(=O)(=O)Cl)cc2c1)Nc1ccc2c(O)cc(S(=O)(=O)Cl)cc2c1. The van der Waals surface area contributed by atoms with Crippen LogP contribution in [0.15, 0.2) is 70.5 Å². The molecule has 4 N–H and O–H groups in total. The van der Waals surface area contributed by atoms with Crippen molar-refractivity contribution in [2.75, 3.05) is 10.6 Å². The fraction of sp³-hybridized carbons (Fsp3) is 0. The summed E-state index contributed by atoms with van der Waals surface area (Å²) in [6.45, 7) is 0. The molecule has 0 saturated carbocycles. The first-order valence-electron chi connectivity index (χ1n) is 9.32. The van der Waals surface area contributed by atoms with Crippen molar-refractivity contribution in [2.24, 2.45) is 0 Å². The summed E-state index contributed by atoms with van der Waals surface area (Å²) in [4.78, 5) is 11.9. The molecule has 0 unspecified atom stereocenters. The maximum Gasteiger partial charge on any atom is 0.323 e. The van der Waals surface area contributed by atoms with E-state index in [0.29, 0.717) is 32.9 Å². The van der Waals surface area contributed by atoms with Crippen molar-refractivity contribution < 1.29 is 31.8 Å². The fourth-order valence-electron chi connectivity index (χ4n) is 3.38. The van der Waals surface area contributed by atoms with E-state index in [1.807, 2.05) is 0 Å². The highest BCUT2D eigenvalue weighted by Gasteiger charge is 2.16. The van der Waals surface area contributed by atoms with Gasteiger partial charge in [-0.3, -0.25) is 0 Å². The monoisotopic (exact) mass is 540 g/mol. The molecule has 4 rings (SSSR count). The van der Waals surface area contributed by atoms with Crippen LogP contribution in [0.4, 0.5) is 16.2 Å². The maximum absolute atomic E-state index is 12.5. The number of nitrogens with one attached hydrogen (secondary N) is 2. The number of phenolic OH excluding ortho intramolecular Hbond substituents is 2. The van der Waals surface area contributed by atoms with Gasteiger partial charge in [-0.1, -0.05) is 0 Å². The van der Waals surface area contributed by atoms with Crippen molar-refractivity contribution in [2.45, 2.75) is 9.79 Å². The summed E-state index contributed by atoms with van der Waals surface area (Å²) in [5, 5.41) is 26.7. The number of hydrogen-bond donors (Lipinski definition) is 4. The zero-order chi connectivity index (χ0) is 24.8. The minimum Gasteiger partial charge on any atom is -0.507 e. The van der Waals surface area contributed by atoms with Crippen LogP contribution in [0.25, 0.3) is 21.5 Å². The normalized spacial score (nSPS) is 12.1. The molecule has 2 amide bonds. The Morgan fingerprint density at radius 3 is 1.38 bits per heavy atom. The Balaban J connectivity index is 1.61. The smallest absolute Gasteiger partial charge is 0.323 e. The number of anilines is 2. The highest BCUT2D eigenvalue weighted by Crippen LogP contribution is 2.33. The molecule has 0 atom stereocenters. The Kier molecular flexibility index (Phi) is 5.98. The van der Waals surface area contributed by atoms with E-state index in [-0.39, 0.29) is 21.3 Å². The summed E-state index contributed by atoms with van der Waals surface area (Å²) in [5.74, 6) is -0.573. The van der Waals surface area contributed by atoms with E-state index in [0.717, 1.165) is 12.1 Å². The molecule has 9 nitrogen and oxygen atoms in total. The van der Waals surface area contributed by atoms with Gasteiger partial charge in [0.1, 0.15) is 11.5 Å². The van der Waals surface area contributed by atoms with E-state index < -0.39 is 24.1 Å². The summed E-state index contributed by atoms with van der Waals surface area (Å²) in [6.07, 6.45) is 0. The van der Waals surface area contributed by atoms with E-state index in [4.69, 9.17) is 21.4 Å². The summed E-state index contributed by atoms with van der Waals surface area (Å²) < 4.78 is 46.4. The van der Waals surface area contributed by atoms with Crippen LogP contribution in [-0.2, 0) is 18.1 Å². The zero-order valence-corrected chi connectivity index (χ0v) is 19.9. The van der Waals surface area contributed by atoms with Crippen molar-refractivity contribution >= 4 is 78.4 Å². The third-order valence-corrected chi connectivity index (χ3v) is 7.55. The summed E-state index contributed by atoms with van der Waals surface area (Å²) in [6, 6.07) is 12.8. The number of amides is 2. The molecule has 0 saturated heterocycles. The molecule has 0 aliphatic heterocycles. The van der Waals surface area contributed by atoms with Gasteiger partial charge < -0.3 is 20.8 Å². The highest BCUT2D eigenvalue weighted by atomic mass is 35.7. The van der Waals surface area contributed by atoms with Gasteiger partial charge in [0.05, 0.1) is 9.79 Å². The largest absolute Gasteiger partial charge is 0.507 e. The molecule has 0 spiro atoms. The number of aromatic hydroxyl groups is 2. The highest BCUT2D eigenvalue weighted by molar-refractivity contribution is 8.14. The number of urea groups is 1. The Labute approximate surface area is 202 Å². The lowest BCUT2D eigenvalue weighted by Crippen LogP contribution is -2.19. The Hall–Kier alpha value is -3.25. The molecule has 4 aromatic carbocycles. The van der Waals surface area contributed by atoms with E-state index >= 15 is 0 Å². The van der Waals surface area contributed by atoms with Gasteiger partial charge in [0.2, 0.25) is 0 Å². The van der Waals surface area contributed by atoms with Gasteiger partial charge in [-0.05, 0) is 59.3 Å². The number of phenols is 2. The third-order valence-electron chi connectivity index (χ3n) is 4.89. The fourth-order valence-corrected chi connectivity index (χ4v) is 4.95. The van der Waals surface area contributed by atoms with Crippen LogP contribution in [0.5, 0.6) is 11.5 Å². The molecular formula is C21H14Cl2N2O7S2. The first-order valence-corrected chi connectivity index (χ1v) is 13.9. The Morgan fingerprint density at radius 2 is 1.03 bits per heavy atom. The summed E-state index contributed by atoms with van der Waals surface area (Å²) in [5.41, 5.74) is 0.588. The van der Waals surface area contributed by atoms with Gasteiger partial charge in [0.15, 0.2) is 0 Å². The van der Waals surface area contributed by atoms with Crippen molar-refractivity contribution in [1.82, 2.24) is 0 Å². The van der Waals surface area contributed by atoms with Crippen molar-refractivity contribution in [3.8, 4) is 11.5 Å². The van der Waals surface area contributed by atoms with Gasteiger partial charge >= 0.3 is 6.03 Å². The second-order valence-corrected chi connectivity index (χ2v) is 12.3. The molecule has 0 radical (unpaired) electrons. The first-order chi connectivity index (χ1) is 15.8. The van der Waals surface area contributed by atoms with Crippen LogP contribution in [0, 0.1) is 0 Å². The number of rotatable bonds is 4. The van der Waals surface area contributed by atoms with E-state index in [1.165, 1.54) is 48.5 Å². The number of carbonyl (C=O) groups is 1. The molecule has 13 heteroatoms.